The van der Waals surface area contributed by atoms with Crippen molar-refractivity contribution in [1.29, 1.82) is 0 Å². The number of ether oxygens (including phenoxy) is 1. The topological polar surface area (TPSA) is 90.3 Å². The monoisotopic (exact) mass is 322 g/mol. The van der Waals surface area contributed by atoms with E-state index in [0.29, 0.717) is 30.0 Å². The molecule has 0 aliphatic carbocycles. The number of carboxylic acids is 1. The van der Waals surface area contributed by atoms with Crippen LogP contribution in [0.5, 0.6) is 5.75 Å². The number of carbonyl (C=O) groups excluding carboxylic acids is 1. The molecule has 0 fully saturated rings. The maximum absolute atomic E-state index is 12.0. The predicted octanol–water partition coefficient (Wildman–Crippen LogP) is 0.870. The lowest BCUT2D eigenvalue weighted by Crippen LogP contribution is -2.42. The van der Waals surface area contributed by atoms with E-state index in [1.165, 1.54) is 4.90 Å². The zero-order chi connectivity index (χ0) is 17.1. The molecule has 0 radical (unpaired) electrons. The summed E-state index contributed by atoms with van der Waals surface area (Å²) >= 11 is 0. The first kappa shape index (κ1) is 17.2. The second-order valence-electron chi connectivity index (χ2n) is 5.82. The van der Waals surface area contributed by atoms with Crippen LogP contribution in [0.1, 0.15) is 25.0 Å². The SMILES string of the molecule is CC1Oc2ccc(C(O)CCN(C)CC(=O)O)cc2N(C)C1=O. The van der Waals surface area contributed by atoms with Gasteiger partial charge in [0.15, 0.2) is 6.10 Å². The number of anilines is 1. The van der Waals surface area contributed by atoms with Crippen molar-refractivity contribution in [2.24, 2.45) is 0 Å². The van der Waals surface area contributed by atoms with Gasteiger partial charge in [-0.25, -0.2) is 0 Å². The summed E-state index contributed by atoms with van der Waals surface area (Å²) in [5, 5.41) is 19.0. The van der Waals surface area contributed by atoms with E-state index in [1.54, 1.807) is 44.1 Å². The Labute approximate surface area is 135 Å². The van der Waals surface area contributed by atoms with Crippen LogP contribution in [-0.4, -0.2) is 60.3 Å². The Balaban J connectivity index is 2.07. The van der Waals surface area contributed by atoms with Crippen LogP contribution in [0.25, 0.3) is 0 Å². The van der Waals surface area contributed by atoms with Crippen molar-refractivity contribution >= 4 is 17.6 Å². The molecule has 7 heteroatoms. The zero-order valence-corrected chi connectivity index (χ0v) is 13.5. The van der Waals surface area contributed by atoms with Crippen LogP contribution >= 0.6 is 0 Å². The minimum absolute atomic E-state index is 0.0696. The molecule has 0 saturated heterocycles. The molecule has 2 N–H and O–H groups in total. The smallest absolute Gasteiger partial charge is 0.317 e. The van der Waals surface area contributed by atoms with Crippen molar-refractivity contribution < 1.29 is 24.5 Å². The number of benzene rings is 1. The van der Waals surface area contributed by atoms with Crippen molar-refractivity contribution in [1.82, 2.24) is 4.90 Å². The lowest BCUT2D eigenvalue weighted by molar-refractivity contribution is -0.138. The van der Waals surface area contributed by atoms with Gasteiger partial charge in [-0.1, -0.05) is 6.07 Å². The van der Waals surface area contributed by atoms with Gasteiger partial charge >= 0.3 is 5.97 Å². The Hall–Kier alpha value is -2.12. The second kappa shape index (κ2) is 6.97. The zero-order valence-electron chi connectivity index (χ0n) is 13.5. The van der Waals surface area contributed by atoms with Gasteiger partial charge in [-0.15, -0.1) is 0 Å². The second-order valence-corrected chi connectivity index (χ2v) is 5.82. The number of aliphatic carboxylic acids is 1. The van der Waals surface area contributed by atoms with Gasteiger partial charge in [0, 0.05) is 13.6 Å². The van der Waals surface area contributed by atoms with E-state index in [0.717, 1.165) is 0 Å². The van der Waals surface area contributed by atoms with Crippen molar-refractivity contribution in [3.63, 3.8) is 0 Å². The number of hydrogen-bond acceptors (Lipinski definition) is 5. The van der Waals surface area contributed by atoms with Crippen LogP contribution in [-0.2, 0) is 9.59 Å². The Morgan fingerprint density at radius 3 is 2.83 bits per heavy atom. The first-order valence-electron chi connectivity index (χ1n) is 7.46. The number of fused-ring (bicyclic) bond motifs is 1. The van der Waals surface area contributed by atoms with Gasteiger partial charge in [0.25, 0.3) is 5.91 Å². The number of likely N-dealkylation sites (N-methyl/N-ethyl adjacent to an activating group) is 2. The molecule has 1 aromatic rings. The standard InChI is InChI=1S/C16H22N2O5/c1-10-16(22)18(3)12-8-11(4-5-14(12)23-10)13(19)6-7-17(2)9-15(20)21/h4-5,8,10,13,19H,6-7,9H2,1-3H3,(H,20,21). The summed E-state index contributed by atoms with van der Waals surface area (Å²) in [6.45, 7) is 2.08. The van der Waals surface area contributed by atoms with Crippen molar-refractivity contribution in [3.8, 4) is 5.75 Å². The summed E-state index contributed by atoms with van der Waals surface area (Å²) in [5.74, 6) is -0.425. The molecule has 1 amide bonds. The molecule has 2 unspecified atom stereocenters. The molecule has 1 aliphatic rings. The highest BCUT2D eigenvalue weighted by Gasteiger charge is 2.29. The number of hydrogen-bond donors (Lipinski definition) is 2. The van der Waals surface area contributed by atoms with Crippen molar-refractivity contribution in [3.05, 3.63) is 23.8 Å². The number of aliphatic hydroxyl groups is 1. The van der Waals surface area contributed by atoms with Crippen LogP contribution in [0.15, 0.2) is 18.2 Å². The van der Waals surface area contributed by atoms with E-state index >= 15 is 0 Å². The molecule has 0 saturated carbocycles. The van der Waals surface area contributed by atoms with E-state index in [9.17, 15) is 14.7 Å². The number of amides is 1. The van der Waals surface area contributed by atoms with E-state index in [4.69, 9.17) is 9.84 Å². The molecule has 2 atom stereocenters. The fourth-order valence-electron chi connectivity index (χ4n) is 2.56. The first-order valence-corrected chi connectivity index (χ1v) is 7.46. The van der Waals surface area contributed by atoms with E-state index in [-0.39, 0.29) is 12.5 Å². The van der Waals surface area contributed by atoms with Gasteiger partial charge in [0.1, 0.15) is 5.75 Å². The number of nitrogens with zero attached hydrogens (tertiary/aromatic N) is 2. The Kier molecular flexibility index (Phi) is 5.23. The molecule has 23 heavy (non-hydrogen) atoms. The van der Waals surface area contributed by atoms with Crippen LogP contribution in [0.2, 0.25) is 0 Å². The van der Waals surface area contributed by atoms with Crippen LogP contribution in [0.4, 0.5) is 5.69 Å². The summed E-state index contributed by atoms with van der Waals surface area (Å²) in [5.41, 5.74) is 1.30. The van der Waals surface area contributed by atoms with E-state index in [2.05, 4.69) is 0 Å². The average molecular weight is 322 g/mol. The third-order valence-electron chi connectivity index (χ3n) is 3.90. The highest BCUT2D eigenvalue weighted by Crippen LogP contribution is 2.35. The van der Waals surface area contributed by atoms with E-state index < -0.39 is 18.2 Å². The molecule has 0 aromatic heterocycles. The summed E-state index contributed by atoms with van der Waals surface area (Å²) in [6, 6.07) is 5.24. The third kappa shape index (κ3) is 4.00. The molecule has 0 spiro atoms. The maximum Gasteiger partial charge on any atom is 0.317 e. The fourth-order valence-corrected chi connectivity index (χ4v) is 2.56. The predicted molar refractivity (Wildman–Crippen MR) is 84.7 cm³/mol. The van der Waals surface area contributed by atoms with Gasteiger partial charge < -0.3 is 19.8 Å². The molecular weight excluding hydrogens is 300 g/mol. The number of aliphatic hydroxyl groups excluding tert-OH is 1. The van der Waals surface area contributed by atoms with Crippen LogP contribution in [0.3, 0.4) is 0 Å². The molecule has 1 aliphatic heterocycles. The van der Waals surface area contributed by atoms with Crippen molar-refractivity contribution in [2.45, 2.75) is 25.6 Å². The molecule has 2 rings (SSSR count). The maximum atomic E-state index is 12.0. The van der Waals surface area contributed by atoms with E-state index in [1.807, 2.05) is 0 Å². The largest absolute Gasteiger partial charge is 0.480 e. The van der Waals surface area contributed by atoms with Gasteiger partial charge in [-0.3, -0.25) is 14.5 Å². The lowest BCUT2D eigenvalue weighted by Gasteiger charge is -2.31. The minimum atomic E-state index is -0.901. The van der Waals surface area contributed by atoms with Gasteiger partial charge in [0.05, 0.1) is 18.3 Å². The normalized spacial score (nSPS) is 18.6. The first-order chi connectivity index (χ1) is 10.8. The number of rotatable bonds is 6. The van der Waals surface area contributed by atoms with Crippen molar-refractivity contribution in [2.75, 3.05) is 32.1 Å². The Morgan fingerprint density at radius 2 is 2.17 bits per heavy atom. The van der Waals surface area contributed by atoms with Gasteiger partial charge in [-0.05, 0) is 38.1 Å². The summed E-state index contributed by atoms with van der Waals surface area (Å²) < 4.78 is 5.54. The van der Waals surface area contributed by atoms with Gasteiger partial charge in [-0.2, -0.15) is 0 Å². The highest BCUT2D eigenvalue weighted by molar-refractivity contribution is 5.99. The fraction of sp³-hybridized carbons (Fsp3) is 0.500. The minimum Gasteiger partial charge on any atom is -0.480 e. The van der Waals surface area contributed by atoms with Crippen LogP contribution in [0, 0.1) is 0 Å². The summed E-state index contributed by atoms with van der Waals surface area (Å²) in [4.78, 5) is 25.7. The summed E-state index contributed by atoms with van der Waals surface area (Å²) in [6.07, 6.45) is -0.857. The molecule has 1 aromatic carbocycles. The van der Waals surface area contributed by atoms with Gasteiger partial charge in [0.2, 0.25) is 0 Å². The third-order valence-corrected chi connectivity index (χ3v) is 3.90. The lowest BCUT2D eigenvalue weighted by atomic mass is 10.0. The molecule has 1 heterocycles. The molecule has 7 nitrogen and oxygen atoms in total. The highest BCUT2D eigenvalue weighted by atomic mass is 16.5. The van der Waals surface area contributed by atoms with Crippen LogP contribution < -0.4 is 9.64 Å². The summed E-state index contributed by atoms with van der Waals surface area (Å²) in [7, 11) is 3.37. The Morgan fingerprint density at radius 1 is 1.48 bits per heavy atom. The molecule has 126 valence electrons. The quantitative estimate of drug-likeness (QED) is 0.808. The Bertz CT molecular complexity index is 604. The number of carbonyl (C=O) groups is 2. The molecular formula is C16H22N2O5. The number of carboxylic acid groups (broad SMARTS) is 1. The average Bonchev–Trinajstić information content (AvgIpc) is 2.49. The molecule has 0 bridgehead atoms.